The molecular weight excluding hydrogens is 683 g/mol. The van der Waals surface area contributed by atoms with E-state index in [4.69, 9.17) is 48.9 Å². The van der Waals surface area contributed by atoms with Crippen LogP contribution in [-0.4, -0.2) is 105 Å². The number of hydrogen-bond acceptors (Lipinski definition) is 17. The minimum Gasteiger partial charge on any atom is -0.461 e. The van der Waals surface area contributed by atoms with Crippen molar-refractivity contribution in [3.63, 3.8) is 0 Å². The molecule has 2 fully saturated rings. The Morgan fingerprint density at radius 2 is 1.14 bits per heavy atom. The Hall–Kier alpha value is -4.24. The molecule has 4 unspecified atom stereocenters. The molecule has 4 aromatic rings. The third-order valence-electron chi connectivity index (χ3n) is 8.57. The first-order chi connectivity index (χ1) is 24.3. The fourth-order valence-corrected chi connectivity index (χ4v) is 6.70. The maximum absolute atomic E-state index is 13.0. The van der Waals surface area contributed by atoms with E-state index in [1.807, 2.05) is 0 Å². The number of nitrogens with zero attached hydrogens (tertiary/aromatic N) is 6. The van der Waals surface area contributed by atoms with Crippen LogP contribution >= 0.6 is 8.25 Å². The molecule has 2 aliphatic carbocycles. The zero-order valence-corrected chi connectivity index (χ0v) is 28.5. The molecule has 4 aromatic heterocycles. The number of nitrogens with one attached hydrogen (secondary N) is 2. The van der Waals surface area contributed by atoms with Crippen molar-refractivity contribution in [1.29, 1.82) is 0 Å². The maximum Gasteiger partial charge on any atom is 0.702 e. The molecule has 2 aliphatic rings. The smallest absolute Gasteiger partial charge is 0.461 e. The van der Waals surface area contributed by atoms with Gasteiger partial charge in [0.25, 0.3) is 0 Å². The Kier molecular flexibility index (Phi) is 11.5. The molecule has 50 heavy (non-hydrogen) atoms. The number of methoxy groups -OCH3 is 2. The van der Waals surface area contributed by atoms with Crippen molar-refractivity contribution < 1.29 is 42.0 Å². The normalized spacial score (nSPS) is 21.0. The minimum absolute atomic E-state index is 0.0172. The molecule has 0 radical (unpaired) electrons. The highest BCUT2D eigenvalue weighted by molar-refractivity contribution is 7.33. The first-order valence-corrected chi connectivity index (χ1v) is 17.1. The second-order valence-corrected chi connectivity index (χ2v) is 12.6. The lowest BCUT2D eigenvalue weighted by molar-refractivity contribution is -0.0720. The average molecular weight is 724 g/mol. The highest BCUT2D eigenvalue weighted by Crippen LogP contribution is 2.37. The van der Waals surface area contributed by atoms with Crippen LogP contribution < -0.4 is 32.3 Å². The van der Waals surface area contributed by atoms with Crippen molar-refractivity contribution in [3.05, 3.63) is 21.0 Å². The van der Waals surface area contributed by atoms with Crippen molar-refractivity contribution in [2.45, 2.75) is 62.8 Å². The molecular formula is C28H40N10O11P+. The van der Waals surface area contributed by atoms with Crippen molar-refractivity contribution in [2.24, 2.45) is 0 Å². The van der Waals surface area contributed by atoms with Crippen LogP contribution in [0, 0.1) is 0 Å². The summed E-state index contributed by atoms with van der Waals surface area (Å²) in [4.78, 5) is 48.4. The number of nitrogen functional groups attached to an aromatic ring is 2. The van der Waals surface area contributed by atoms with Gasteiger partial charge >= 0.3 is 31.7 Å². The van der Waals surface area contributed by atoms with Gasteiger partial charge in [-0.3, -0.25) is 9.13 Å². The van der Waals surface area contributed by atoms with Crippen molar-refractivity contribution >= 4 is 42.2 Å². The van der Waals surface area contributed by atoms with E-state index in [1.54, 1.807) is 14.2 Å². The zero-order chi connectivity index (χ0) is 35.2. The third-order valence-corrected chi connectivity index (χ3v) is 9.20. The van der Waals surface area contributed by atoms with Gasteiger partial charge in [-0.15, -0.1) is 0 Å². The molecule has 2 saturated carbocycles. The number of hydrogen-bond donors (Lipinski definition) is 4. The standard InChI is InChI=1S/C28H39N10O11P/c1-42-9-11-44-25-33-21(29)19-23(35-25)37(27(39)31-19)15-5-3-7-17(15)46-13-48-50(41)49-14-47-18-8-4-6-16(18)38-24-20(32-28(38)40)22(30)34-26(36-24)45-12-10-43-2/h15-18H,3-14H2,1-2H3,(H5-,29,30,31,32,33,34,35,36,39,40)/p+1. The predicted molar refractivity (Wildman–Crippen MR) is 175 cm³/mol. The topological polar surface area (TPSA) is 270 Å². The maximum atomic E-state index is 13.0. The summed E-state index contributed by atoms with van der Waals surface area (Å²) in [6.45, 7) is 0.341. The van der Waals surface area contributed by atoms with Gasteiger partial charge in [0, 0.05) is 18.8 Å². The Morgan fingerprint density at radius 1 is 0.700 bits per heavy atom. The van der Waals surface area contributed by atoms with E-state index in [-0.39, 0.29) is 61.8 Å². The SMILES string of the molecule is COCCOc1nc(N)c2[nH]c(=O)n(C3CCCC3OCO[P+](=O)OCOC3CCCC3n3c(=O)[nH]c4c(N)nc(OCCOC)nc43)c2n1. The van der Waals surface area contributed by atoms with E-state index in [0.717, 1.165) is 12.8 Å². The molecule has 0 saturated heterocycles. The summed E-state index contributed by atoms with van der Waals surface area (Å²) in [5.74, 6) is 0.143. The number of ether oxygens (including phenoxy) is 6. The summed E-state index contributed by atoms with van der Waals surface area (Å²) in [7, 11) is 0.464. The largest absolute Gasteiger partial charge is 0.702 e. The fourth-order valence-electron chi connectivity index (χ4n) is 6.33. The number of aromatic nitrogens is 8. The van der Waals surface area contributed by atoms with Crippen LogP contribution in [0.4, 0.5) is 11.6 Å². The number of fused-ring (bicyclic) bond motifs is 2. The summed E-state index contributed by atoms with van der Waals surface area (Å²) < 4.78 is 58.9. The number of aromatic amines is 2. The second-order valence-electron chi connectivity index (χ2n) is 11.6. The average Bonchev–Trinajstić information content (AvgIpc) is 3.87. The minimum atomic E-state index is -2.62. The summed E-state index contributed by atoms with van der Waals surface area (Å²) in [5.41, 5.74) is 12.5. The predicted octanol–water partition coefficient (Wildman–Crippen LogP) is 1.29. The van der Waals surface area contributed by atoms with Crippen molar-refractivity contribution in [3.8, 4) is 12.0 Å². The van der Waals surface area contributed by atoms with Crippen LogP contribution in [0.3, 0.4) is 0 Å². The number of rotatable bonds is 18. The summed E-state index contributed by atoms with van der Waals surface area (Å²) in [6.07, 6.45) is 3.15. The van der Waals surface area contributed by atoms with Crippen LogP contribution in [-0.2, 0) is 32.6 Å². The van der Waals surface area contributed by atoms with Gasteiger partial charge in [-0.25, -0.2) is 9.59 Å². The molecule has 6 rings (SSSR count). The quantitative estimate of drug-likeness (QED) is 0.0640. The highest BCUT2D eigenvalue weighted by Gasteiger charge is 2.36. The van der Waals surface area contributed by atoms with E-state index in [9.17, 15) is 14.2 Å². The van der Waals surface area contributed by atoms with Gasteiger partial charge in [0.2, 0.25) is 13.6 Å². The van der Waals surface area contributed by atoms with Crippen LogP contribution in [0.5, 0.6) is 12.0 Å². The molecule has 4 atom stereocenters. The summed E-state index contributed by atoms with van der Waals surface area (Å²) in [5, 5.41) is 0. The number of H-pyrrole nitrogens is 2. The second kappa shape index (κ2) is 16.2. The summed E-state index contributed by atoms with van der Waals surface area (Å²) >= 11 is 0. The lowest BCUT2D eigenvalue weighted by atomic mass is 10.2. The molecule has 0 amide bonds. The molecule has 21 nitrogen and oxygen atoms in total. The van der Waals surface area contributed by atoms with Gasteiger partial charge in [-0.1, -0.05) is 9.05 Å². The number of nitrogens with two attached hydrogens (primary N) is 2. The van der Waals surface area contributed by atoms with E-state index >= 15 is 0 Å². The van der Waals surface area contributed by atoms with Gasteiger partial charge in [0.15, 0.2) is 22.9 Å². The van der Waals surface area contributed by atoms with Crippen LogP contribution in [0.25, 0.3) is 22.3 Å². The first-order valence-electron chi connectivity index (χ1n) is 16.0. The van der Waals surface area contributed by atoms with Crippen LogP contribution in [0.2, 0.25) is 0 Å². The van der Waals surface area contributed by atoms with E-state index in [1.165, 1.54) is 9.13 Å². The molecule has 22 heteroatoms. The van der Waals surface area contributed by atoms with Crippen LogP contribution in [0.1, 0.15) is 50.6 Å². The third kappa shape index (κ3) is 7.73. The van der Waals surface area contributed by atoms with Gasteiger partial charge in [-0.2, -0.15) is 19.9 Å². The molecule has 6 N–H and O–H groups in total. The molecule has 0 spiro atoms. The Bertz CT molecular complexity index is 1780. The number of imidazole rings is 2. The molecule has 272 valence electrons. The lowest BCUT2D eigenvalue weighted by Crippen LogP contribution is -2.30. The van der Waals surface area contributed by atoms with Gasteiger partial charge in [0.05, 0.1) is 37.5 Å². The Balaban J connectivity index is 1.02. The first kappa shape index (κ1) is 35.6. The van der Waals surface area contributed by atoms with Crippen molar-refractivity contribution in [1.82, 2.24) is 39.0 Å². The lowest BCUT2D eigenvalue weighted by Gasteiger charge is -2.20. The molecule has 0 bridgehead atoms. The van der Waals surface area contributed by atoms with Gasteiger partial charge in [-0.05, 0) is 38.5 Å². The molecule has 0 aliphatic heterocycles. The fraction of sp³-hybridized carbons (Fsp3) is 0.643. The van der Waals surface area contributed by atoms with Crippen molar-refractivity contribution in [2.75, 3.05) is 65.7 Å². The Morgan fingerprint density at radius 3 is 1.56 bits per heavy atom. The van der Waals surface area contributed by atoms with E-state index in [0.29, 0.717) is 49.9 Å². The molecule has 0 aromatic carbocycles. The van der Waals surface area contributed by atoms with E-state index in [2.05, 4.69) is 29.9 Å². The molecule has 4 heterocycles. The Labute approximate surface area is 284 Å². The van der Waals surface area contributed by atoms with Gasteiger partial charge < -0.3 is 49.9 Å². The van der Waals surface area contributed by atoms with Crippen LogP contribution in [0.15, 0.2) is 9.59 Å². The summed E-state index contributed by atoms with van der Waals surface area (Å²) in [6, 6.07) is -0.764. The zero-order valence-electron chi connectivity index (χ0n) is 27.6. The highest BCUT2D eigenvalue weighted by atomic mass is 31.1. The number of anilines is 2. The van der Waals surface area contributed by atoms with E-state index < -0.39 is 43.9 Å². The monoisotopic (exact) mass is 723 g/mol. The van der Waals surface area contributed by atoms with Gasteiger partial charge in [0.1, 0.15) is 24.2 Å².